The average Bonchev–Trinajstić information content (AvgIpc) is 2.40. The molecule has 6 heteroatoms. The van der Waals surface area contributed by atoms with Gasteiger partial charge in [0.25, 0.3) is 0 Å². The fourth-order valence-electron chi connectivity index (χ4n) is 1.29. The topological polar surface area (TPSA) is 35.0 Å². The summed E-state index contributed by atoms with van der Waals surface area (Å²) in [4.78, 5) is 8.11. The minimum absolute atomic E-state index is 0.422. The van der Waals surface area contributed by atoms with E-state index in [-0.39, 0.29) is 0 Å². The molecule has 2 aromatic rings. The lowest BCUT2D eigenvalue weighted by molar-refractivity contribution is 0.392. The summed E-state index contributed by atoms with van der Waals surface area (Å²) in [5.74, 6) is -0.779. The number of hydrogen-bond acceptors (Lipinski definition) is 4. The first-order valence-electron chi connectivity index (χ1n) is 5.12. The second kappa shape index (κ2) is 5.77. The lowest BCUT2D eigenvalue weighted by Crippen LogP contribution is -1.91. The number of halogens is 2. The molecule has 2 rings (SSSR count). The van der Waals surface area contributed by atoms with E-state index in [0.717, 1.165) is 6.07 Å². The molecule has 0 amide bonds. The van der Waals surface area contributed by atoms with E-state index in [1.54, 1.807) is 12.3 Å². The van der Waals surface area contributed by atoms with Gasteiger partial charge in [0, 0.05) is 5.75 Å². The summed E-state index contributed by atoms with van der Waals surface area (Å²) in [6.07, 6.45) is 3.09. The number of aromatic nitrogens is 2. The molecule has 0 fully saturated rings. The number of ether oxygens (including phenoxy) is 1. The number of hydrogen-bond donors (Lipinski definition) is 0. The van der Waals surface area contributed by atoms with Crippen LogP contribution in [-0.2, 0) is 5.75 Å². The van der Waals surface area contributed by atoms with Gasteiger partial charge in [0.15, 0.2) is 11.6 Å². The van der Waals surface area contributed by atoms with Crippen LogP contribution in [0.5, 0.6) is 5.88 Å². The number of benzene rings is 1. The molecule has 0 saturated heterocycles. The van der Waals surface area contributed by atoms with E-state index in [1.165, 1.54) is 31.1 Å². The van der Waals surface area contributed by atoms with Gasteiger partial charge in [0.05, 0.1) is 19.5 Å². The second-order valence-corrected chi connectivity index (χ2v) is 4.43. The Morgan fingerprint density at radius 3 is 2.78 bits per heavy atom. The van der Waals surface area contributed by atoms with Crippen LogP contribution in [0.25, 0.3) is 0 Å². The molecule has 1 aromatic carbocycles. The van der Waals surface area contributed by atoms with Gasteiger partial charge in [-0.25, -0.2) is 13.8 Å². The van der Waals surface area contributed by atoms with Crippen LogP contribution in [0.2, 0.25) is 0 Å². The maximum atomic E-state index is 13.0. The second-order valence-electron chi connectivity index (χ2n) is 3.44. The summed E-state index contributed by atoms with van der Waals surface area (Å²) in [5.41, 5.74) is 0.684. The van der Waals surface area contributed by atoms with Gasteiger partial charge in [-0.2, -0.15) is 0 Å². The van der Waals surface area contributed by atoms with E-state index >= 15 is 0 Å². The fraction of sp³-hybridized carbons (Fsp3) is 0.167. The summed E-state index contributed by atoms with van der Waals surface area (Å²) in [6, 6.07) is 3.83. The summed E-state index contributed by atoms with van der Waals surface area (Å²) in [6.45, 7) is 0. The van der Waals surface area contributed by atoms with E-state index in [1.807, 2.05) is 0 Å². The summed E-state index contributed by atoms with van der Waals surface area (Å²) in [5, 5.41) is 0.666. The van der Waals surface area contributed by atoms with E-state index in [2.05, 4.69) is 9.97 Å². The lowest BCUT2D eigenvalue weighted by Gasteiger charge is -2.03. The third kappa shape index (κ3) is 3.16. The highest BCUT2D eigenvalue weighted by Crippen LogP contribution is 2.22. The van der Waals surface area contributed by atoms with E-state index in [4.69, 9.17) is 4.74 Å². The molecule has 18 heavy (non-hydrogen) atoms. The highest BCUT2D eigenvalue weighted by molar-refractivity contribution is 7.98. The SMILES string of the molecule is COc1cncc(SCc2ccc(F)c(F)c2)n1. The fourth-order valence-corrected chi connectivity index (χ4v) is 2.07. The maximum Gasteiger partial charge on any atom is 0.233 e. The Kier molecular flexibility index (Phi) is 4.09. The zero-order valence-electron chi connectivity index (χ0n) is 9.56. The average molecular weight is 268 g/mol. The van der Waals surface area contributed by atoms with Gasteiger partial charge in [-0.3, -0.25) is 4.98 Å². The number of methoxy groups -OCH3 is 1. The molecule has 0 N–H and O–H groups in total. The number of thioether (sulfide) groups is 1. The Balaban J connectivity index is 2.04. The molecular weight excluding hydrogens is 258 g/mol. The molecule has 0 radical (unpaired) electrons. The van der Waals surface area contributed by atoms with E-state index in [0.29, 0.717) is 22.2 Å². The summed E-state index contributed by atoms with van der Waals surface area (Å²) >= 11 is 1.37. The minimum Gasteiger partial charge on any atom is -0.480 e. The quantitative estimate of drug-likeness (QED) is 0.798. The predicted octanol–water partition coefficient (Wildman–Crippen LogP) is 3.06. The molecular formula is C12H10F2N2OS. The molecule has 94 valence electrons. The predicted molar refractivity (Wildman–Crippen MR) is 64.5 cm³/mol. The highest BCUT2D eigenvalue weighted by Gasteiger charge is 2.04. The molecule has 3 nitrogen and oxygen atoms in total. The van der Waals surface area contributed by atoms with Crippen LogP contribution in [-0.4, -0.2) is 17.1 Å². The van der Waals surface area contributed by atoms with Crippen molar-refractivity contribution in [1.29, 1.82) is 0 Å². The van der Waals surface area contributed by atoms with Crippen molar-refractivity contribution in [2.45, 2.75) is 10.8 Å². The third-order valence-corrected chi connectivity index (χ3v) is 3.14. The Bertz CT molecular complexity index is 551. The molecule has 0 bridgehead atoms. The van der Waals surface area contributed by atoms with Crippen LogP contribution in [0.15, 0.2) is 35.6 Å². The van der Waals surface area contributed by atoms with Gasteiger partial charge in [0.2, 0.25) is 5.88 Å². The van der Waals surface area contributed by atoms with E-state index in [9.17, 15) is 8.78 Å². The summed E-state index contributed by atoms with van der Waals surface area (Å²) in [7, 11) is 1.51. The van der Waals surface area contributed by atoms with Crippen molar-refractivity contribution in [2.24, 2.45) is 0 Å². The molecule has 1 aromatic heterocycles. The van der Waals surface area contributed by atoms with Crippen molar-refractivity contribution in [3.8, 4) is 5.88 Å². The van der Waals surface area contributed by atoms with Gasteiger partial charge < -0.3 is 4.74 Å². The Morgan fingerprint density at radius 2 is 2.06 bits per heavy atom. The number of nitrogens with zero attached hydrogens (tertiary/aromatic N) is 2. The Labute approximate surface area is 107 Å². The molecule has 0 aliphatic carbocycles. The first kappa shape index (κ1) is 12.8. The zero-order chi connectivity index (χ0) is 13.0. The van der Waals surface area contributed by atoms with Crippen LogP contribution < -0.4 is 4.74 Å². The van der Waals surface area contributed by atoms with Crippen molar-refractivity contribution in [3.63, 3.8) is 0 Å². The normalized spacial score (nSPS) is 10.4. The van der Waals surface area contributed by atoms with Crippen molar-refractivity contribution in [2.75, 3.05) is 7.11 Å². The van der Waals surface area contributed by atoms with Crippen LogP contribution in [0.1, 0.15) is 5.56 Å². The molecule has 0 spiro atoms. The lowest BCUT2D eigenvalue weighted by atomic mass is 10.2. The maximum absolute atomic E-state index is 13.0. The highest BCUT2D eigenvalue weighted by atomic mass is 32.2. The largest absolute Gasteiger partial charge is 0.480 e. The van der Waals surface area contributed by atoms with Crippen LogP contribution in [0, 0.1) is 11.6 Å². The van der Waals surface area contributed by atoms with Crippen molar-refractivity contribution in [1.82, 2.24) is 9.97 Å². The molecule has 0 atom stereocenters. The zero-order valence-corrected chi connectivity index (χ0v) is 10.4. The monoisotopic (exact) mass is 268 g/mol. The summed E-state index contributed by atoms with van der Waals surface area (Å²) < 4.78 is 30.7. The molecule has 0 saturated carbocycles. The Hall–Kier alpha value is -1.69. The van der Waals surface area contributed by atoms with Crippen LogP contribution in [0.4, 0.5) is 8.78 Å². The van der Waals surface area contributed by atoms with Crippen molar-refractivity contribution >= 4 is 11.8 Å². The van der Waals surface area contributed by atoms with Gasteiger partial charge in [-0.15, -0.1) is 0 Å². The van der Waals surface area contributed by atoms with Gasteiger partial charge >= 0.3 is 0 Å². The molecule has 0 aliphatic heterocycles. The van der Waals surface area contributed by atoms with Crippen molar-refractivity contribution < 1.29 is 13.5 Å². The van der Waals surface area contributed by atoms with E-state index < -0.39 is 11.6 Å². The number of rotatable bonds is 4. The third-order valence-electron chi connectivity index (χ3n) is 2.17. The van der Waals surface area contributed by atoms with Crippen LogP contribution in [0.3, 0.4) is 0 Å². The van der Waals surface area contributed by atoms with Crippen molar-refractivity contribution in [3.05, 3.63) is 47.8 Å². The van der Waals surface area contributed by atoms with Gasteiger partial charge in [-0.05, 0) is 17.7 Å². The first-order valence-corrected chi connectivity index (χ1v) is 6.10. The first-order chi connectivity index (χ1) is 8.69. The van der Waals surface area contributed by atoms with Gasteiger partial charge in [-0.1, -0.05) is 17.8 Å². The van der Waals surface area contributed by atoms with Gasteiger partial charge in [0.1, 0.15) is 5.03 Å². The van der Waals surface area contributed by atoms with Crippen LogP contribution >= 0.6 is 11.8 Å². The molecule has 0 aliphatic rings. The molecule has 0 unspecified atom stereocenters. The molecule has 1 heterocycles. The minimum atomic E-state index is -0.843. The standard InChI is InChI=1S/C12H10F2N2OS/c1-17-11-5-15-6-12(16-11)18-7-8-2-3-9(13)10(14)4-8/h2-6H,7H2,1H3. The smallest absolute Gasteiger partial charge is 0.233 e. The Morgan fingerprint density at radius 1 is 1.22 bits per heavy atom.